The topological polar surface area (TPSA) is 34.2 Å². The van der Waals surface area contributed by atoms with Crippen LogP contribution in [0.1, 0.15) is 18.9 Å². The van der Waals surface area contributed by atoms with Crippen LogP contribution in [0.4, 0.5) is 0 Å². The molecule has 2 rings (SSSR count). The molecule has 82 valence electrons. The van der Waals surface area contributed by atoms with E-state index in [-0.39, 0.29) is 0 Å². The van der Waals surface area contributed by atoms with Gasteiger partial charge in [-0.05, 0) is 30.9 Å². The zero-order valence-electron chi connectivity index (χ0n) is 9.15. The molecule has 2 atom stereocenters. The van der Waals surface area contributed by atoms with Gasteiger partial charge in [0.05, 0.1) is 6.61 Å². The molecule has 2 unspecified atom stereocenters. The Hall–Kier alpha value is -0.930. The molecule has 0 amide bonds. The van der Waals surface area contributed by atoms with Gasteiger partial charge >= 0.3 is 0 Å². The molecule has 1 saturated heterocycles. The maximum absolute atomic E-state index is 5.38. The first-order chi connectivity index (χ1) is 7.36. The molecule has 1 N–H and O–H groups in total. The molecule has 3 nitrogen and oxygen atoms in total. The van der Waals surface area contributed by atoms with Crippen LogP contribution >= 0.6 is 0 Å². The number of aromatic nitrogens is 1. The van der Waals surface area contributed by atoms with Crippen LogP contribution in [0.3, 0.4) is 0 Å². The van der Waals surface area contributed by atoms with Gasteiger partial charge in [-0.2, -0.15) is 0 Å². The van der Waals surface area contributed by atoms with Crippen molar-refractivity contribution < 1.29 is 4.74 Å². The van der Waals surface area contributed by atoms with E-state index in [0.29, 0.717) is 12.0 Å². The molecule has 3 heteroatoms. The van der Waals surface area contributed by atoms with Crippen molar-refractivity contribution in [1.82, 2.24) is 10.3 Å². The van der Waals surface area contributed by atoms with E-state index in [0.717, 1.165) is 19.8 Å². The third-order valence-electron chi connectivity index (χ3n) is 3.02. The van der Waals surface area contributed by atoms with Crippen molar-refractivity contribution >= 4 is 0 Å². The van der Waals surface area contributed by atoms with Crippen molar-refractivity contribution in [2.75, 3.05) is 13.2 Å². The minimum Gasteiger partial charge on any atom is -0.381 e. The van der Waals surface area contributed by atoms with E-state index in [9.17, 15) is 0 Å². The molecular weight excluding hydrogens is 188 g/mol. The number of pyridine rings is 1. The van der Waals surface area contributed by atoms with E-state index in [2.05, 4.69) is 23.3 Å². The first kappa shape index (κ1) is 10.6. The fraction of sp³-hybridized carbons (Fsp3) is 0.583. The molecule has 0 aromatic carbocycles. The van der Waals surface area contributed by atoms with Gasteiger partial charge in [0.25, 0.3) is 0 Å². The lowest BCUT2D eigenvalue weighted by Gasteiger charge is -2.19. The van der Waals surface area contributed by atoms with E-state index in [1.54, 1.807) is 6.20 Å². The monoisotopic (exact) mass is 206 g/mol. The van der Waals surface area contributed by atoms with Crippen molar-refractivity contribution in [3.63, 3.8) is 0 Å². The summed E-state index contributed by atoms with van der Waals surface area (Å²) >= 11 is 0. The fourth-order valence-electron chi connectivity index (χ4n) is 1.90. The lowest BCUT2D eigenvalue weighted by Crippen LogP contribution is -2.33. The van der Waals surface area contributed by atoms with Crippen molar-refractivity contribution in [2.24, 2.45) is 5.92 Å². The minimum atomic E-state index is 0.521. The number of nitrogens with zero attached hydrogens (tertiary/aromatic N) is 1. The molecule has 15 heavy (non-hydrogen) atoms. The minimum absolute atomic E-state index is 0.521. The lowest BCUT2D eigenvalue weighted by atomic mass is 10.0. The van der Waals surface area contributed by atoms with Crippen molar-refractivity contribution in [2.45, 2.75) is 25.9 Å². The quantitative estimate of drug-likeness (QED) is 0.812. The maximum atomic E-state index is 5.38. The standard InChI is InChI=1S/C12H18N2O/c1-10(12-4-6-15-9-12)14-8-11-3-2-5-13-7-11/h2-3,5,7,10,12,14H,4,6,8-9H2,1H3. The summed E-state index contributed by atoms with van der Waals surface area (Å²) in [4.78, 5) is 4.10. The van der Waals surface area contributed by atoms with Gasteiger partial charge in [-0.1, -0.05) is 6.07 Å². The number of hydrogen-bond acceptors (Lipinski definition) is 3. The zero-order valence-corrected chi connectivity index (χ0v) is 9.15. The van der Waals surface area contributed by atoms with Crippen LogP contribution in [0.15, 0.2) is 24.5 Å². The summed E-state index contributed by atoms with van der Waals surface area (Å²) < 4.78 is 5.38. The Balaban J connectivity index is 1.77. The van der Waals surface area contributed by atoms with Gasteiger partial charge in [0.15, 0.2) is 0 Å². The summed E-state index contributed by atoms with van der Waals surface area (Å²) in [5, 5.41) is 3.52. The molecule has 0 bridgehead atoms. The highest BCUT2D eigenvalue weighted by molar-refractivity contribution is 5.08. The Morgan fingerprint density at radius 1 is 1.67 bits per heavy atom. The van der Waals surface area contributed by atoms with Gasteiger partial charge in [-0.25, -0.2) is 0 Å². The molecule has 1 aliphatic heterocycles. The van der Waals surface area contributed by atoms with E-state index in [1.807, 2.05) is 12.3 Å². The Morgan fingerprint density at radius 3 is 3.27 bits per heavy atom. The molecule has 1 fully saturated rings. The van der Waals surface area contributed by atoms with Crippen LogP contribution < -0.4 is 5.32 Å². The van der Waals surface area contributed by atoms with Crippen LogP contribution in [0.5, 0.6) is 0 Å². The van der Waals surface area contributed by atoms with Crippen LogP contribution in [0, 0.1) is 5.92 Å². The molecule has 0 spiro atoms. The second-order valence-electron chi connectivity index (χ2n) is 4.15. The summed E-state index contributed by atoms with van der Waals surface area (Å²) in [6, 6.07) is 4.59. The van der Waals surface area contributed by atoms with Gasteiger partial charge in [0.2, 0.25) is 0 Å². The maximum Gasteiger partial charge on any atom is 0.0509 e. The number of hydrogen-bond donors (Lipinski definition) is 1. The molecule has 1 aromatic rings. The summed E-state index contributed by atoms with van der Waals surface area (Å²) in [6.45, 7) is 4.95. The molecule has 2 heterocycles. The smallest absolute Gasteiger partial charge is 0.0509 e. The second-order valence-corrected chi connectivity index (χ2v) is 4.15. The Bertz CT molecular complexity index is 283. The highest BCUT2D eigenvalue weighted by atomic mass is 16.5. The molecule has 1 aromatic heterocycles. The predicted molar refractivity (Wildman–Crippen MR) is 59.5 cm³/mol. The number of nitrogens with one attached hydrogen (secondary N) is 1. The predicted octanol–water partition coefficient (Wildman–Crippen LogP) is 1.60. The first-order valence-electron chi connectivity index (χ1n) is 5.56. The van der Waals surface area contributed by atoms with Gasteiger partial charge in [-0.15, -0.1) is 0 Å². The molecule has 0 saturated carbocycles. The van der Waals surface area contributed by atoms with Crippen LogP contribution in [0.2, 0.25) is 0 Å². The van der Waals surface area contributed by atoms with Gasteiger partial charge < -0.3 is 10.1 Å². The van der Waals surface area contributed by atoms with E-state index < -0.39 is 0 Å². The van der Waals surface area contributed by atoms with E-state index in [4.69, 9.17) is 4.74 Å². The number of rotatable bonds is 4. The summed E-state index contributed by atoms with van der Waals surface area (Å²) in [6.07, 6.45) is 4.89. The van der Waals surface area contributed by atoms with Gasteiger partial charge in [0, 0.05) is 31.6 Å². The fourth-order valence-corrected chi connectivity index (χ4v) is 1.90. The molecule has 0 radical (unpaired) electrons. The van der Waals surface area contributed by atoms with E-state index >= 15 is 0 Å². The second kappa shape index (κ2) is 5.24. The van der Waals surface area contributed by atoms with Crippen molar-refractivity contribution in [1.29, 1.82) is 0 Å². The molecular formula is C12H18N2O. The van der Waals surface area contributed by atoms with Crippen LogP contribution in [-0.2, 0) is 11.3 Å². The summed E-state index contributed by atoms with van der Waals surface area (Å²) in [5.74, 6) is 0.668. The number of ether oxygens (including phenoxy) is 1. The van der Waals surface area contributed by atoms with Crippen LogP contribution in [-0.4, -0.2) is 24.2 Å². The molecule has 1 aliphatic rings. The Labute approximate surface area is 90.9 Å². The highest BCUT2D eigenvalue weighted by Crippen LogP contribution is 2.16. The third-order valence-corrected chi connectivity index (χ3v) is 3.02. The highest BCUT2D eigenvalue weighted by Gasteiger charge is 2.21. The summed E-state index contributed by atoms with van der Waals surface area (Å²) in [5.41, 5.74) is 1.24. The lowest BCUT2D eigenvalue weighted by molar-refractivity contribution is 0.178. The first-order valence-corrected chi connectivity index (χ1v) is 5.56. The normalized spacial score (nSPS) is 22.9. The zero-order chi connectivity index (χ0) is 10.5. The summed E-state index contributed by atoms with van der Waals surface area (Å²) in [7, 11) is 0. The van der Waals surface area contributed by atoms with Crippen molar-refractivity contribution in [3.05, 3.63) is 30.1 Å². The third kappa shape index (κ3) is 3.01. The van der Waals surface area contributed by atoms with E-state index in [1.165, 1.54) is 12.0 Å². The Kier molecular flexibility index (Phi) is 3.69. The average molecular weight is 206 g/mol. The van der Waals surface area contributed by atoms with Gasteiger partial charge in [-0.3, -0.25) is 4.98 Å². The molecule has 0 aliphatic carbocycles. The Morgan fingerprint density at radius 2 is 2.60 bits per heavy atom. The average Bonchev–Trinajstić information content (AvgIpc) is 2.81. The van der Waals surface area contributed by atoms with Crippen LogP contribution in [0.25, 0.3) is 0 Å². The van der Waals surface area contributed by atoms with Gasteiger partial charge in [0.1, 0.15) is 0 Å². The van der Waals surface area contributed by atoms with Crippen molar-refractivity contribution in [3.8, 4) is 0 Å². The largest absolute Gasteiger partial charge is 0.381 e. The SMILES string of the molecule is CC(NCc1cccnc1)C1CCOC1.